The Hall–Kier alpha value is -2.29. The van der Waals surface area contributed by atoms with E-state index in [1.807, 2.05) is 12.1 Å². The molecule has 1 amide bonds. The summed E-state index contributed by atoms with van der Waals surface area (Å²) in [5.41, 5.74) is 4.05. The van der Waals surface area contributed by atoms with Crippen molar-refractivity contribution in [1.82, 2.24) is 10.3 Å². The van der Waals surface area contributed by atoms with Crippen LogP contribution in [0.5, 0.6) is 0 Å². The normalized spacial score (nSPS) is 11.5. The zero-order valence-electron chi connectivity index (χ0n) is 12.6. The Morgan fingerprint density at radius 3 is 2.62 bits per heavy atom. The fourth-order valence-corrected chi connectivity index (χ4v) is 3.64. The second-order valence-corrected chi connectivity index (χ2v) is 7.62. The van der Waals surface area contributed by atoms with Gasteiger partial charge >= 0.3 is 0 Å². The van der Waals surface area contributed by atoms with Gasteiger partial charge in [0.2, 0.25) is 10.0 Å². The molecule has 3 aromatic rings. The van der Waals surface area contributed by atoms with Gasteiger partial charge in [-0.3, -0.25) is 4.79 Å². The maximum atomic E-state index is 12.3. The third-order valence-electron chi connectivity index (χ3n) is 3.55. The van der Waals surface area contributed by atoms with Gasteiger partial charge in [0.15, 0.2) is 0 Å². The van der Waals surface area contributed by atoms with Gasteiger partial charge in [-0.2, -0.15) is 0 Å². The number of primary sulfonamides is 1. The standard InChI is InChI=1S/C16H15N3O3S2/c17-24(21,22)12-6-4-11(5-7-12)8-9-18-16(20)13-2-1-3-14-15(13)23-10-19-14/h1-7,10H,8-9H2,(H,18,20)(H2,17,21,22). The molecule has 0 saturated carbocycles. The number of thiazole rings is 1. The molecule has 3 rings (SSSR count). The molecule has 0 bridgehead atoms. The highest BCUT2D eigenvalue weighted by atomic mass is 32.2. The average molecular weight is 361 g/mol. The van der Waals surface area contributed by atoms with Crippen molar-refractivity contribution in [1.29, 1.82) is 0 Å². The minimum Gasteiger partial charge on any atom is -0.352 e. The van der Waals surface area contributed by atoms with Crippen LogP contribution in [0.1, 0.15) is 15.9 Å². The van der Waals surface area contributed by atoms with Gasteiger partial charge in [-0.25, -0.2) is 18.5 Å². The van der Waals surface area contributed by atoms with Gasteiger partial charge in [0.05, 0.1) is 26.2 Å². The van der Waals surface area contributed by atoms with Gasteiger partial charge in [0.1, 0.15) is 0 Å². The van der Waals surface area contributed by atoms with Crippen molar-refractivity contribution in [2.24, 2.45) is 5.14 Å². The van der Waals surface area contributed by atoms with Crippen LogP contribution in [0, 0.1) is 0 Å². The first-order valence-corrected chi connectivity index (χ1v) is 9.60. The Kier molecular flexibility index (Phi) is 4.61. The summed E-state index contributed by atoms with van der Waals surface area (Å²) in [4.78, 5) is 16.6. The minimum atomic E-state index is -3.68. The van der Waals surface area contributed by atoms with Gasteiger partial charge in [0, 0.05) is 6.54 Å². The summed E-state index contributed by atoms with van der Waals surface area (Å²) >= 11 is 1.44. The van der Waals surface area contributed by atoms with Gasteiger partial charge in [-0.1, -0.05) is 18.2 Å². The number of benzene rings is 2. The van der Waals surface area contributed by atoms with Crippen LogP contribution in [0.3, 0.4) is 0 Å². The van der Waals surface area contributed by atoms with Crippen LogP contribution in [-0.2, 0) is 16.4 Å². The predicted molar refractivity (Wildman–Crippen MR) is 93.5 cm³/mol. The molecule has 3 N–H and O–H groups in total. The van der Waals surface area contributed by atoms with Gasteiger partial charge < -0.3 is 5.32 Å². The first-order chi connectivity index (χ1) is 11.4. The smallest absolute Gasteiger partial charge is 0.252 e. The highest BCUT2D eigenvalue weighted by Crippen LogP contribution is 2.22. The first kappa shape index (κ1) is 16.6. The SMILES string of the molecule is NS(=O)(=O)c1ccc(CCNC(=O)c2cccc3ncsc23)cc1. The molecule has 0 fully saturated rings. The van der Waals surface area contributed by atoms with Crippen molar-refractivity contribution in [3.05, 3.63) is 59.1 Å². The maximum absolute atomic E-state index is 12.3. The van der Waals surface area contributed by atoms with Crippen molar-refractivity contribution < 1.29 is 13.2 Å². The Morgan fingerprint density at radius 2 is 1.92 bits per heavy atom. The van der Waals surface area contributed by atoms with E-state index < -0.39 is 10.0 Å². The number of hydrogen-bond donors (Lipinski definition) is 2. The van der Waals surface area contributed by atoms with Gasteiger partial charge in [0.25, 0.3) is 5.91 Å². The van der Waals surface area contributed by atoms with E-state index in [0.29, 0.717) is 18.5 Å². The highest BCUT2D eigenvalue weighted by Gasteiger charge is 2.11. The first-order valence-electron chi connectivity index (χ1n) is 7.17. The molecule has 2 aromatic carbocycles. The zero-order chi connectivity index (χ0) is 17.2. The van der Waals surface area contributed by atoms with Gasteiger partial charge in [-0.05, 0) is 36.2 Å². The van der Waals surface area contributed by atoms with Crippen molar-refractivity contribution in [2.45, 2.75) is 11.3 Å². The second-order valence-electron chi connectivity index (χ2n) is 5.20. The number of carbonyl (C=O) groups excluding carboxylic acids is 1. The van der Waals surface area contributed by atoms with Crippen LogP contribution in [0.4, 0.5) is 0 Å². The van der Waals surface area contributed by atoms with E-state index >= 15 is 0 Å². The molecule has 0 radical (unpaired) electrons. The largest absolute Gasteiger partial charge is 0.352 e. The van der Waals surface area contributed by atoms with E-state index in [-0.39, 0.29) is 10.8 Å². The molecule has 0 atom stereocenters. The molecule has 0 unspecified atom stereocenters. The summed E-state index contributed by atoms with van der Waals surface area (Å²) in [6, 6.07) is 11.8. The van der Waals surface area contributed by atoms with Crippen molar-refractivity contribution in [3.63, 3.8) is 0 Å². The van der Waals surface area contributed by atoms with Crippen LogP contribution >= 0.6 is 11.3 Å². The van der Waals surface area contributed by atoms with Crippen LogP contribution < -0.4 is 10.5 Å². The topological polar surface area (TPSA) is 102 Å². The van der Waals surface area contributed by atoms with Gasteiger partial charge in [-0.15, -0.1) is 11.3 Å². The Labute approximate surface area is 143 Å². The number of rotatable bonds is 5. The number of sulfonamides is 1. The van der Waals surface area contributed by atoms with E-state index in [9.17, 15) is 13.2 Å². The lowest BCUT2D eigenvalue weighted by Crippen LogP contribution is -2.25. The number of hydrogen-bond acceptors (Lipinski definition) is 5. The van der Waals surface area contributed by atoms with Crippen LogP contribution in [-0.4, -0.2) is 25.9 Å². The number of nitrogens with one attached hydrogen (secondary N) is 1. The molecule has 0 aliphatic rings. The monoisotopic (exact) mass is 361 g/mol. The molecule has 1 aromatic heterocycles. The summed E-state index contributed by atoms with van der Waals surface area (Å²) in [6.07, 6.45) is 0.593. The summed E-state index contributed by atoms with van der Waals surface area (Å²) < 4.78 is 23.3. The molecule has 6 nitrogen and oxygen atoms in total. The zero-order valence-corrected chi connectivity index (χ0v) is 14.2. The van der Waals surface area contributed by atoms with Crippen LogP contribution in [0.15, 0.2) is 52.9 Å². The maximum Gasteiger partial charge on any atom is 0.252 e. The number of aromatic nitrogens is 1. The van der Waals surface area contributed by atoms with E-state index in [4.69, 9.17) is 5.14 Å². The van der Waals surface area contributed by atoms with Crippen molar-refractivity contribution >= 4 is 37.5 Å². The Balaban J connectivity index is 1.62. The quantitative estimate of drug-likeness (QED) is 0.725. The van der Waals surface area contributed by atoms with Crippen molar-refractivity contribution in [2.75, 3.05) is 6.54 Å². The third-order valence-corrected chi connectivity index (χ3v) is 5.36. The number of carbonyl (C=O) groups is 1. The van der Waals surface area contributed by atoms with Crippen LogP contribution in [0.2, 0.25) is 0 Å². The third kappa shape index (κ3) is 3.61. The average Bonchev–Trinajstić information content (AvgIpc) is 3.03. The molecular weight excluding hydrogens is 346 g/mol. The molecular formula is C16H15N3O3S2. The molecule has 0 aliphatic heterocycles. The van der Waals surface area contributed by atoms with E-state index in [2.05, 4.69) is 10.3 Å². The molecule has 1 heterocycles. The molecule has 0 saturated heterocycles. The lowest BCUT2D eigenvalue weighted by Gasteiger charge is -2.07. The summed E-state index contributed by atoms with van der Waals surface area (Å²) in [6.45, 7) is 0.447. The summed E-state index contributed by atoms with van der Waals surface area (Å²) in [7, 11) is -3.68. The number of amides is 1. The molecule has 124 valence electrons. The van der Waals surface area contributed by atoms with E-state index in [1.165, 1.54) is 23.5 Å². The Morgan fingerprint density at radius 1 is 1.17 bits per heavy atom. The minimum absolute atomic E-state index is 0.0761. The summed E-state index contributed by atoms with van der Waals surface area (Å²) in [5.74, 6) is -0.147. The number of nitrogens with two attached hydrogens (primary N) is 1. The van der Waals surface area contributed by atoms with Crippen LogP contribution in [0.25, 0.3) is 10.2 Å². The fraction of sp³-hybridized carbons (Fsp3) is 0.125. The second kappa shape index (κ2) is 6.68. The summed E-state index contributed by atoms with van der Waals surface area (Å²) in [5, 5.41) is 7.93. The number of fused-ring (bicyclic) bond motifs is 1. The number of nitrogens with zero attached hydrogens (tertiary/aromatic N) is 1. The molecule has 24 heavy (non-hydrogen) atoms. The lowest BCUT2D eigenvalue weighted by atomic mass is 10.1. The highest BCUT2D eigenvalue weighted by molar-refractivity contribution is 7.89. The molecule has 0 aliphatic carbocycles. The molecule has 0 spiro atoms. The van der Waals surface area contributed by atoms with E-state index in [0.717, 1.165) is 15.8 Å². The lowest BCUT2D eigenvalue weighted by molar-refractivity contribution is 0.0956. The fourth-order valence-electron chi connectivity index (χ4n) is 2.33. The van der Waals surface area contributed by atoms with Crippen molar-refractivity contribution in [3.8, 4) is 0 Å². The predicted octanol–water partition coefficient (Wildman–Crippen LogP) is 1.92. The van der Waals surface area contributed by atoms with E-state index in [1.54, 1.807) is 23.7 Å². The molecule has 8 heteroatoms. The Bertz CT molecular complexity index is 979.